The van der Waals surface area contributed by atoms with E-state index in [1.807, 2.05) is 65.4 Å². The van der Waals surface area contributed by atoms with Crippen LogP contribution in [0.5, 0.6) is 0 Å². The summed E-state index contributed by atoms with van der Waals surface area (Å²) >= 11 is 0. The van der Waals surface area contributed by atoms with E-state index >= 15 is 0 Å². The molecular formula is C24H23N3O3. The van der Waals surface area contributed by atoms with E-state index in [0.717, 1.165) is 47.2 Å². The summed E-state index contributed by atoms with van der Waals surface area (Å²) in [4.78, 5) is 25.0. The molecule has 1 aromatic heterocycles. The number of benzene rings is 2. The molecule has 0 aliphatic carbocycles. The van der Waals surface area contributed by atoms with Crippen molar-refractivity contribution in [1.29, 1.82) is 0 Å². The fraction of sp³-hybridized carbons (Fsp3) is 0.250. The SMILES string of the molecule is O=C(Cn1cc(C=C2C(=O)Nc3ccccc32)c2ccccc21)NCC1CCCO1. The molecule has 3 aromatic rings. The summed E-state index contributed by atoms with van der Waals surface area (Å²) < 4.78 is 7.51. The topological polar surface area (TPSA) is 72.4 Å². The molecule has 0 spiro atoms. The molecular weight excluding hydrogens is 378 g/mol. The first-order chi connectivity index (χ1) is 14.7. The third-order valence-corrected chi connectivity index (χ3v) is 5.69. The van der Waals surface area contributed by atoms with Crippen LogP contribution in [-0.2, 0) is 20.9 Å². The van der Waals surface area contributed by atoms with Gasteiger partial charge < -0.3 is 19.9 Å². The number of rotatable bonds is 5. The molecule has 6 heteroatoms. The molecule has 2 aliphatic heterocycles. The Morgan fingerprint density at radius 2 is 2.03 bits per heavy atom. The van der Waals surface area contributed by atoms with Gasteiger partial charge in [0.15, 0.2) is 0 Å². The Balaban J connectivity index is 1.43. The largest absolute Gasteiger partial charge is 0.376 e. The fourth-order valence-corrected chi connectivity index (χ4v) is 4.20. The molecule has 2 N–H and O–H groups in total. The van der Waals surface area contributed by atoms with Gasteiger partial charge in [-0.15, -0.1) is 0 Å². The molecule has 152 valence electrons. The molecule has 2 amide bonds. The molecule has 1 atom stereocenters. The van der Waals surface area contributed by atoms with E-state index < -0.39 is 0 Å². The highest BCUT2D eigenvalue weighted by atomic mass is 16.5. The van der Waals surface area contributed by atoms with Gasteiger partial charge in [-0.05, 0) is 31.1 Å². The first-order valence-corrected chi connectivity index (χ1v) is 10.3. The average molecular weight is 401 g/mol. The molecule has 1 fully saturated rings. The summed E-state index contributed by atoms with van der Waals surface area (Å²) in [6.45, 7) is 1.54. The van der Waals surface area contributed by atoms with Crippen molar-refractivity contribution in [3.63, 3.8) is 0 Å². The predicted molar refractivity (Wildman–Crippen MR) is 117 cm³/mol. The monoisotopic (exact) mass is 401 g/mol. The van der Waals surface area contributed by atoms with Gasteiger partial charge in [-0.1, -0.05) is 36.4 Å². The van der Waals surface area contributed by atoms with Crippen LogP contribution in [0, 0.1) is 0 Å². The van der Waals surface area contributed by atoms with Crippen LogP contribution in [0.2, 0.25) is 0 Å². The van der Waals surface area contributed by atoms with Crippen molar-refractivity contribution < 1.29 is 14.3 Å². The first-order valence-electron chi connectivity index (χ1n) is 10.3. The van der Waals surface area contributed by atoms with Gasteiger partial charge >= 0.3 is 0 Å². The van der Waals surface area contributed by atoms with Crippen molar-refractivity contribution in [2.24, 2.45) is 0 Å². The van der Waals surface area contributed by atoms with Gasteiger partial charge in [0.25, 0.3) is 5.91 Å². The highest BCUT2D eigenvalue weighted by Crippen LogP contribution is 2.34. The van der Waals surface area contributed by atoms with Gasteiger partial charge in [0.05, 0.1) is 6.10 Å². The fourth-order valence-electron chi connectivity index (χ4n) is 4.20. The maximum Gasteiger partial charge on any atom is 0.256 e. The standard InChI is InChI=1S/C24H23N3O3/c28-23(25-13-17-6-5-11-30-17)15-27-14-16(18-7-2-4-10-22(18)27)12-20-19-8-1-3-9-21(19)26-24(20)29/h1-4,7-10,12,14,17H,5-6,11,13,15H2,(H,25,28)(H,26,29). The maximum atomic E-state index is 12.5. The van der Waals surface area contributed by atoms with Crippen molar-refractivity contribution in [2.75, 3.05) is 18.5 Å². The minimum absolute atomic E-state index is 0.0468. The number of anilines is 1. The Morgan fingerprint density at radius 3 is 2.90 bits per heavy atom. The van der Waals surface area contributed by atoms with Crippen molar-refractivity contribution in [3.8, 4) is 0 Å². The van der Waals surface area contributed by atoms with Crippen LogP contribution in [-0.4, -0.2) is 35.6 Å². The molecule has 3 heterocycles. The number of hydrogen-bond acceptors (Lipinski definition) is 3. The average Bonchev–Trinajstić information content (AvgIpc) is 3.47. The van der Waals surface area contributed by atoms with Gasteiger partial charge in [-0.3, -0.25) is 9.59 Å². The lowest BCUT2D eigenvalue weighted by Crippen LogP contribution is -2.34. The van der Waals surface area contributed by atoms with Crippen LogP contribution in [0.1, 0.15) is 24.0 Å². The Hall–Kier alpha value is -3.38. The van der Waals surface area contributed by atoms with Crippen LogP contribution in [0.15, 0.2) is 54.7 Å². The molecule has 0 radical (unpaired) electrons. The van der Waals surface area contributed by atoms with Crippen LogP contribution in [0.25, 0.3) is 22.6 Å². The maximum absolute atomic E-state index is 12.5. The number of aromatic nitrogens is 1. The van der Waals surface area contributed by atoms with Crippen LogP contribution in [0.3, 0.4) is 0 Å². The molecule has 0 bridgehead atoms. The van der Waals surface area contributed by atoms with Gasteiger partial charge in [-0.25, -0.2) is 0 Å². The van der Waals surface area contributed by atoms with Crippen LogP contribution >= 0.6 is 0 Å². The molecule has 2 aromatic carbocycles. The summed E-state index contributed by atoms with van der Waals surface area (Å²) in [6, 6.07) is 15.6. The van der Waals surface area contributed by atoms with E-state index in [0.29, 0.717) is 12.1 Å². The van der Waals surface area contributed by atoms with E-state index in [9.17, 15) is 9.59 Å². The second-order valence-corrected chi connectivity index (χ2v) is 7.73. The van der Waals surface area contributed by atoms with Gasteiger partial charge in [0, 0.05) is 52.6 Å². The summed E-state index contributed by atoms with van der Waals surface area (Å²) in [6.07, 6.45) is 6.02. The van der Waals surface area contributed by atoms with E-state index in [2.05, 4.69) is 10.6 Å². The minimum atomic E-state index is -0.109. The second-order valence-electron chi connectivity index (χ2n) is 7.73. The van der Waals surface area contributed by atoms with E-state index in [1.165, 1.54) is 0 Å². The first kappa shape index (κ1) is 18.6. The van der Waals surface area contributed by atoms with E-state index in [4.69, 9.17) is 4.74 Å². The number of carbonyl (C=O) groups excluding carboxylic acids is 2. The predicted octanol–water partition coefficient (Wildman–Crippen LogP) is 3.43. The summed E-state index contributed by atoms with van der Waals surface area (Å²) in [7, 11) is 0. The molecule has 1 unspecified atom stereocenters. The third-order valence-electron chi connectivity index (χ3n) is 5.69. The number of amides is 2. The lowest BCUT2D eigenvalue weighted by Gasteiger charge is -2.11. The molecule has 5 rings (SSSR count). The number of ether oxygens (including phenoxy) is 1. The van der Waals surface area contributed by atoms with Gasteiger partial charge in [0.2, 0.25) is 5.91 Å². The Morgan fingerprint density at radius 1 is 1.20 bits per heavy atom. The number of nitrogens with zero attached hydrogens (tertiary/aromatic N) is 1. The van der Waals surface area contributed by atoms with Crippen molar-refractivity contribution >= 4 is 40.1 Å². The molecule has 0 saturated carbocycles. The number of hydrogen-bond donors (Lipinski definition) is 2. The highest BCUT2D eigenvalue weighted by molar-refractivity contribution is 6.35. The minimum Gasteiger partial charge on any atom is -0.376 e. The lowest BCUT2D eigenvalue weighted by molar-refractivity contribution is -0.122. The van der Waals surface area contributed by atoms with Gasteiger partial charge in [0.1, 0.15) is 6.54 Å². The summed E-state index contributed by atoms with van der Waals surface area (Å²) in [5, 5.41) is 6.89. The number of nitrogens with one attached hydrogen (secondary N) is 2. The Labute approximate surface area is 174 Å². The number of carbonyl (C=O) groups is 2. The zero-order valence-corrected chi connectivity index (χ0v) is 16.6. The van der Waals surface area contributed by atoms with E-state index in [1.54, 1.807) is 0 Å². The highest BCUT2D eigenvalue weighted by Gasteiger charge is 2.24. The normalized spacial score (nSPS) is 19.3. The smallest absolute Gasteiger partial charge is 0.256 e. The van der Waals surface area contributed by atoms with Crippen LogP contribution < -0.4 is 10.6 Å². The quantitative estimate of drug-likeness (QED) is 0.644. The molecule has 1 saturated heterocycles. The zero-order chi connectivity index (χ0) is 20.5. The number of fused-ring (bicyclic) bond motifs is 2. The third kappa shape index (κ3) is 3.50. The Bertz CT molecular complexity index is 1160. The zero-order valence-electron chi connectivity index (χ0n) is 16.6. The summed E-state index contributed by atoms with van der Waals surface area (Å²) in [5.74, 6) is -0.156. The Kier molecular flexibility index (Phi) is 4.85. The van der Waals surface area contributed by atoms with Gasteiger partial charge in [-0.2, -0.15) is 0 Å². The van der Waals surface area contributed by atoms with Crippen LogP contribution in [0.4, 0.5) is 5.69 Å². The number of para-hydroxylation sites is 2. The van der Waals surface area contributed by atoms with Crippen molar-refractivity contribution in [1.82, 2.24) is 9.88 Å². The van der Waals surface area contributed by atoms with Crippen molar-refractivity contribution in [2.45, 2.75) is 25.5 Å². The summed E-state index contributed by atoms with van der Waals surface area (Å²) in [5.41, 5.74) is 4.23. The second kappa shape index (κ2) is 7.80. The molecule has 30 heavy (non-hydrogen) atoms. The molecule has 2 aliphatic rings. The lowest BCUT2D eigenvalue weighted by atomic mass is 10.0. The van der Waals surface area contributed by atoms with Crippen molar-refractivity contribution in [3.05, 3.63) is 65.9 Å². The van der Waals surface area contributed by atoms with E-state index in [-0.39, 0.29) is 24.5 Å². The molecule has 6 nitrogen and oxygen atoms in total.